The molecule has 194 valence electrons. The third-order valence-electron chi connectivity index (χ3n) is 5.54. The molecule has 7 atom stereocenters. The van der Waals surface area contributed by atoms with Crippen LogP contribution in [0.25, 0.3) is 0 Å². The molecule has 1 aliphatic carbocycles. The first-order valence-corrected chi connectivity index (χ1v) is 10.5. The summed E-state index contributed by atoms with van der Waals surface area (Å²) in [6.45, 7) is -0.657. The Labute approximate surface area is 205 Å². The van der Waals surface area contributed by atoms with E-state index in [1.807, 2.05) is 0 Å². The molecule has 0 aromatic rings. The van der Waals surface area contributed by atoms with Gasteiger partial charge in [0.1, 0.15) is 24.4 Å². The van der Waals surface area contributed by atoms with Gasteiger partial charge in [0.05, 0.1) is 18.5 Å². The number of rotatable bonds is 8. The summed E-state index contributed by atoms with van der Waals surface area (Å²) < 4.78 is 5.05. The number of ether oxygens (including phenoxy) is 1. The fraction of sp³-hybridized carbons (Fsp3) is 0.842. The summed E-state index contributed by atoms with van der Waals surface area (Å²) in [6.07, 6.45) is -3.43. The molecule has 0 aromatic carbocycles. The molecule has 2 fully saturated rings. The van der Waals surface area contributed by atoms with Crippen molar-refractivity contribution in [2.45, 2.75) is 87.7 Å². The van der Waals surface area contributed by atoms with E-state index in [-0.39, 0.29) is 52.4 Å². The topological polar surface area (TPSA) is 252 Å². The maximum absolute atomic E-state index is 11.7. The largest absolute Gasteiger partial charge is 2.00 e. The molecule has 9 N–H and O–H groups in total. The van der Waals surface area contributed by atoms with Crippen LogP contribution in [0.1, 0.15) is 44.9 Å². The Kier molecular flexibility index (Phi) is 15.1. The zero-order valence-corrected chi connectivity index (χ0v) is 20.3. The number of nitrogens with one attached hydrogen (secondary N) is 1. The van der Waals surface area contributed by atoms with Crippen LogP contribution >= 0.6 is 0 Å². The molecule has 0 bridgehead atoms. The zero-order chi connectivity index (χ0) is 24.4. The number of carboxylic acid groups (broad SMARTS) is 2. The van der Waals surface area contributed by atoms with Gasteiger partial charge in [-0.05, 0) is 25.7 Å². The fourth-order valence-electron chi connectivity index (χ4n) is 3.44. The fourth-order valence-corrected chi connectivity index (χ4v) is 3.44. The van der Waals surface area contributed by atoms with Crippen LogP contribution in [0.15, 0.2) is 0 Å². The van der Waals surface area contributed by atoms with Crippen LogP contribution in [-0.4, -0.2) is 87.6 Å². The van der Waals surface area contributed by atoms with E-state index >= 15 is 0 Å². The molecular formula is C19H33N3O10Pt. The van der Waals surface area contributed by atoms with Crippen LogP contribution in [-0.2, 0) is 40.2 Å². The summed E-state index contributed by atoms with van der Waals surface area (Å²) in [5.41, 5.74) is 11.3. The summed E-state index contributed by atoms with van der Waals surface area (Å²) in [7, 11) is 0. The van der Waals surface area contributed by atoms with Gasteiger partial charge < -0.3 is 61.7 Å². The molecular weight excluding hydrogens is 625 g/mol. The number of carbonyl (C=O) groups excluding carboxylic acids is 3. The van der Waals surface area contributed by atoms with Crippen LogP contribution in [0.5, 0.6) is 0 Å². The molecule has 1 saturated carbocycles. The van der Waals surface area contributed by atoms with Crippen molar-refractivity contribution in [3.05, 3.63) is 0 Å². The predicted molar refractivity (Wildman–Crippen MR) is 104 cm³/mol. The van der Waals surface area contributed by atoms with Gasteiger partial charge in [-0.25, -0.2) is 0 Å². The molecule has 2 aliphatic rings. The first-order valence-electron chi connectivity index (χ1n) is 10.5. The number of hydrogen-bond donors (Lipinski definition) is 7. The average Bonchev–Trinajstić information content (AvgIpc) is 2.73. The van der Waals surface area contributed by atoms with E-state index < -0.39 is 61.0 Å². The molecule has 0 spiro atoms. The molecule has 14 heteroatoms. The maximum atomic E-state index is 11.7. The average molecular weight is 659 g/mol. The van der Waals surface area contributed by atoms with Gasteiger partial charge in [0.15, 0.2) is 6.23 Å². The van der Waals surface area contributed by atoms with Crippen molar-refractivity contribution in [3.63, 3.8) is 0 Å². The minimum absolute atomic E-state index is 0. The molecule has 0 radical (unpaired) electrons. The molecule has 13 nitrogen and oxygen atoms in total. The third kappa shape index (κ3) is 10.3. The van der Waals surface area contributed by atoms with Gasteiger partial charge in [0, 0.05) is 24.4 Å². The molecule has 0 aromatic heterocycles. The number of amides is 1. The van der Waals surface area contributed by atoms with Crippen molar-refractivity contribution in [1.82, 2.24) is 5.32 Å². The molecule has 1 amide bonds. The molecule has 2 rings (SSSR count). The first-order chi connectivity index (χ1) is 15.0. The Morgan fingerprint density at radius 1 is 0.970 bits per heavy atom. The summed E-state index contributed by atoms with van der Waals surface area (Å²) in [6, 6.07) is 0.562. The molecule has 1 saturated heterocycles. The van der Waals surface area contributed by atoms with E-state index in [1.165, 1.54) is 12.8 Å². The van der Waals surface area contributed by atoms with E-state index in [0.717, 1.165) is 12.8 Å². The van der Waals surface area contributed by atoms with Gasteiger partial charge in [-0.1, -0.05) is 12.8 Å². The van der Waals surface area contributed by atoms with Crippen molar-refractivity contribution in [2.75, 3.05) is 6.61 Å². The van der Waals surface area contributed by atoms with Crippen molar-refractivity contribution >= 4 is 17.8 Å². The summed E-state index contributed by atoms with van der Waals surface area (Å²) >= 11 is 0. The van der Waals surface area contributed by atoms with Crippen LogP contribution < -0.4 is 27.0 Å². The summed E-state index contributed by atoms with van der Waals surface area (Å²) in [4.78, 5) is 32.8. The van der Waals surface area contributed by atoms with E-state index in [9.17, 15) is 39.9 Å². The number of aliphatic carboxylic acids is 2. The second-order valence-electron chi connectivity index (χ2n) is 8.01. The van der Waals surface area contributed by atoms with Gasteiger partial charge in [-0.3, -0.25) is 4.79 Å². The van der Waals surface area contributed by atoms with Crippen molar-refractivity contribution in [2.24, 2.45) is 17.4 Å². The van der Waals surface area contributed by atoms with Gasteiger partial charge in [0.25, 0.3) is 0 Å². The molecule has 1 aliphatic heterocycles. The number of nitrogens with two attached hydrogens (primary N) is 2. The monoisotopic (exact) mass is 658 g/mol. The molecule has 33 heavy (non-hydrogen) atoms. The van der Waals surface area contributed by atoms with E-state index in [4.69, 9.17) is 21.3 Å². The second kappa shape index (κ2) is 15.7. The Morgan fingerprint density at radius 3 is 1.91 bits per heavy atom. The zero-order valence-electron chi connectivity index (χ0n) is 18.0. The Morgan fingerprint density at radius 2 is 1.48 bits per heavy atom. The maximum Gasteiger partial charge on any atom is 2.00 e. The van der Waals surface area contributed by atoms with Gasteiger partial charge in [0.2, 0.25) is 5.91 Å². The Bertz CT molecular complexity index is 603. The standard InChI is InChI=1S/C13H21NO10.C6H14N2.Pt/c15-4-6-8(17)9(18)10(19)11(24-6)14-7(16)3-1-2-5(12(20)21)13(22)23;7-5-3-1-2-4-6(5)8;/h5-6,8-11,15,17-19H,1-4H2,(H,14,16)(H,20,21)(H,22,23);5-6H,1-4,7-8H2;/q;;+2/p-2/t6-,8-,9+,10-,11-;5-,6-;/m11./s1. The first kappa shape index (κ1) is 31.8. The van der Waals surface area contributed by atoms with Crippen LogP contribution in [0, 0.1) is 5.92 Å². The quantitative estimate of drug-likeness (QED) is 0.121. The van der Waals surface area contributed by atoms with Gasteiger partial charge in [-0.2, -0.15) is 0 Å². The van der Waals surface area contributed by atoms with E-state index in [1.54, 1.807) is 0 Å². The summed E-state index contributed by atoms with van der Waals surface area (Å²) in [5.74, 6) is -6.19. The minimum atomic E-state index is -1.84. The van der Waals surface area contributed by atoms with Crippen molar-refractivity contribution in [3.8, 4) is 0 Å². The minimum Gasteiger partial charge on any atom is -0.549 e. The Hall–Kier alpha value is -1.18. The smallest absolute Gasteiger partial charge is 0.549 e. The normalized spacial score (nSPS) is 31.5. The van der Waals surface area contributed by atoms with Crippen molar-refractivity contribution in [1.29, 1.82) is 0 Å². The second-order valence-corrected chi connectivity index (χ2v) is 8.01. The summed E-state index contributed by atoms with van der Waals surface area (Å²) in [5, 5.41) is 61.2. The third-order valence-corrected chi connectivity index (χ3v) is 5.54. The number of carboxylic acids is 2. The van der Waals surface area contributed by atoms with E-state index in [0.29, 0.717) is 0 Å². The molecule has 1 heterocycles. The van der Waals surface area contributed by atoms with Crippen molar-refractivity contribution < 1.29 is 70.8 Å². The number of hydrogen-bond acceptors (Lipinski definition) is 12. The van der Waals surface area contributed by atoms with E-state index in [2.05, 4.69) is 5.32 Å². The number of carbonyl (C=O) groups is 3. The van der Waals surface area contributed by atoms with Crippen LogP contribution in [0.3, 0.4) is 0 Å². The molecule has 0 unspecified atom stereocenters. The van der Waals surface area contributed by atoms with Crippen LogP contribution in [0.4, 0.5) is 0 Å². The SMILES string of the molecule is N[C@@H]1CCCC[C@H]1N.O=C(CCCC(C(=O)[O-])C(=O)[O-])N[C@@H]1O[C@H](CO)[C@@H](O)[C@H](O)[C@H]1O.[Pt+2]. The predicted octanol–water partition coefficient (Wildman–Crippen LogP) is -5.60. The van der Waals surface area contributed by atoms with Gasteiger partial charge in [-0.15, -0.1) is 0 Å². The van der Waals surface area contributed by atoms with Gasteiger partial charge >= 0.3 is 21.1 Å². The number of aliphatic hydroxyl groups is 4. The van der Waals surface area contributed by atoms with Crippen LogP contribution in [0.2, 0.25) is 0 Å². The Balaban J connectivity index is 0.000000956. The number of aliphatic hydroxyl groups excluding tert-OH is 4.